The molecule has 2 bridgehead atoms. The average Bonchev–Trinajstić information content (AvgIpc) is 3.01. The van der Waals surface area contributed by atoms with Crippen molar-refractivity contribution in [2.24, 2.45) is 0 Å². The van der Waals surface area contributed by atoms with Gasteiger partial charge < -0.3 is 29.0 Å². The molecule has 0 spiro atoms. The van der Waals surface area contributed by atoms with Crippen LogP contribution in [0.4, 0.5) is 0 Å². The standard InChI is InChI=1S/C34H34ClNO8/c1-3-36(4-2)18-8-9-19-41-24-14-12-22(13-15-24)29(30(35)23-10-6-5-7-11-23)25-16-17-26-32-31(25)43-28(38)21-34(40,33(39)44-32)20-27(37)42-26/h5-7,10-17,40H,3-4,8-9,18-21H2,1-2H3/b30-29+. The van der Waals surface area contributed by atoms with Gasteiger partial charge in [-0.3, -0.25) is 9.59 Å². The largest absolute Gasteiger partial charge is 0.494 e. The maximum Gasteiger partial charge on any atom is 0.345 e. The number of carbonyl (C=O) groups is 3. The number of nitrogens with zero attached hydrogens (tertiary/aromatic N) is 1. The number of fused-ring (bicyclic) bond motifs is 2. The summed E-state index contributed by atoms with van der Waals surface area (Å²) in [5.74, 6) is -2.85. The van der Waals surface area contributed by atoms with Crippen LogP contribution in [0.5, 0.6) is 23.0 Å². The van der Waals surface area contributed by atoms with E-state index in [1.54, 1.807) is 6.07 Å². The molecule has 0 fully saturated rings. The molecule has 0 aliphatic carbocycles. The number of hydrogen-bond acceptors (Lipinski definition) is 9. The van der Waals surface area contributed by atoms with Gasteiger partial charge in [0.2, 0.25) is 5.75 Å². The highest BCUT2D eigenvalue weighted by Crippen LogP contribution is 2.49. The van der Waals surface area contributed by atoms with E-state index in [9.17, 15) is 19.5 Å². The maximum absolute atomic E-state index is 13.0. The van der Waals surface area contributed by atoms with E-state index >= 15 is 0 Å². The zero-order chi connectivity index (χ0) is 31.3. The van der Waals surface area contributed by atoms with Gasteiger partial charge in [-0.05, 0) is 67.9 Å². The lowest BCUT2D eigenvalue weighted by Gasteiger charge is -2.30. The Kier molecular flexibility index (Phi) is 9.68. The van der Waals surface area contributed by atoms with E-state index < -0.39 is 36.4 Å². The van der Waals surface area contributed by atoms with E-state index in [2.05, 4.69) is 18.7 Å². The summed E-state index contributed by atoms with van der Waals surface area (Å²) in [4.78, 5) is 40.8. The first-order valence-corrected chi connectivity index (χ1v) is 15.0. The van der Waals surface area contributed by atoms with Crippen molar-refractivity contribution in [2.75, 3.05) is 26.2 Å². The van der Waals surface area contributed by atoms with Gasteiger partial charge in [0.05, 0.1) is 24.5 Å². The van der Waals surface area contributed by atoms with Crippen LogP contribution < -0.4 is 18.9 Å². The Balaban J connectivity index is 1.53. The summed E-state index contributed by atoms with van der Waals surface area (Å²) in [5, 5.41) is 11.1. The highest BCUT2D eigenvalue weighted by molar-refractivity contribution is 6.53. The predicted molar refractivity (Wildman–Crippen MR) is 165 cm³/mol. The van der Waals surface area contributed by atoms with Crippen LogP contribution in [-0.4, -0.2) is 59.8 Å². The lowest BCUT2D eigenvalue weighted by Crippen LogP contribution is -2.48. The molecule has 0 radical (unpaired) electrons. The topological polar surface area (TPSA) is 112 Å². The van der Waals surface area contributed by atoms with Crippen LogP contribution in [0.15, 0.2) is 66.7 Å². The third-order valence-corrected chi connectivity index (χ3v) is 8.06. The second-order valence-electron chi connectivity index (χ2n) is 10.7. The van der Waals surface area contributed by atoms with Crippen molar-refractivity contribution in [3.63, 3.8) is 0 Å². The summed E-state index contributed by atoms with van der Waals surface area (Å²) >= 11 is 7.05. The Labute approximate surface area is 260 Å². The van der Waals surface area contributed by atoms with Gasteiger partial charge >= 0.3 is 17.9 Å². The molecular weight excluding hydrogens is 586 g/mol. The van der Waals surface area contributed by atoms with Crippen LogP contribution >= 0.6 is 11.6 Å². The average molecular weight is 620 g/mol. The molecule has 2 aliphatic heterocycles. The summed E-state index contributed by atoms with van der Waals surface area (Å²) in [6, 6.07) is 19.6. The van der Waals surface area contributed by atoms with E-state index in [0.29, 0.717) is 39.7 Å². The molecule has 2 heterocycles. The highest BCUT2D eigenvalue weighted by atomic mass is 35.5. The number of halogens is 1. The molecule has 3 aromatic rings. The molecule has 5 rings (SSSR count). The Morgan fingerprint density at radius 2 is 1.52 bits per heavy atom. The third kappa shape index (κ3) is 6.80. The maximum atomic E-state index is 13.0. The van der Waals surface area contributed by atoms with Crippen LogP contribution in [0.25, 0.3) is 10.6 Å². The van der Waals surface area contributed by atoms with E-state index in [1.165, 1.54) is 6.07 Å². The number of ether oxygens (including phenoxy) is 4. The molecule has 230 valence electrons. The normalized spacial score (nSPS) is 18.3. The van der Waals surface area contributed by atoms with Gasteiger partial charge in [0, 0.05) is 11.1 Å². The summed E-state index contributed by atoms with van der Waals surface area (Å²) < 4.78 is 22.6. The molecule has 2 aliphatic rings. The summed E-state index contributed by atoms with van der Waals surface area (Å²) in [6.07, 6.45) is 0.408. The number of carbonyl (C=O) groups excluding carboxylic acids is 3. The number of unbranched alkanes of at least 4 members (excludes halogenated alkanes) is 1. The van der Waals surface area contributed by atoms with Crippen molar-refractivity contribution in [2.45, 2.75) is 45.1 Å². The van der Waals surface area contributed by atoms with Crippen LogP contribution in [-0.2, 0) is 14.4 Å². The Morgan fingerprint density at radius 3 is 2.20 bits per heavy atom. The SMILES string of the molecule is CCN(CC)CCCCOc1ccc(/C(=C(\Cl)c2ccccc2)c2ccc3c4c2OC(=O)CC(O)(CC(=O)O3)C(=O)O4)cc1. The zero-order valence-corrected chi connectivity index (χ0v) is 25.4. The molecule has 0 saturated carbocycles. The summed E-state index contributed by atoms with van der Waals surface area (Å²) in [7, 11) is 0. The number of benzene rings is 3. The molecule has 1 atom stereocenters. The Morgan fingerprint density at radius 1 is 0.841 bits per heavy atom. The van der Waals surface area contributed by atoms with Crippen molar-refractivity contribution >= 4 is 40.1 Å². The fourth-order valence-corrected chi connectivity index (χ4v) is 5.55. The van der Waals surface area contributed by atoms with Crippen molar-refractivity contribution in [1.82, 2.24) is 4.90 Å². The number of aliphatic hydroxyl groups is 1. The van der Waals surface area contributed by atoms with Gasteiger partial charge in [-0.15, -0.1) is 0 Å². The first-order chi connectivity index (χ1) is 21.2. The van der Waals surface area contributed by atoms with Gasteiger partial charge in [0.15, 0.2) is 17.1 Å². The molecule has 0 saturated heterocycles. The smallest absolute Gasteiger partial charge is 0.345 e. The van der Waals surface area contributed by atoms with Gasteiger partial charge in [-0.1, -0.05) is 67.9 Å². The van der Waals surface area contributed by atoms with Gasteiger partial charge in [0.1, 0.15) is 5.75 Å². The Hall–Kier alpha value is -4.18. The number of hydrogen-bond donors (Lipinski definition) is 1. The van der Waals surface area contributed by atoms with Crippen LogP contribution in [0.3, 0.4) is 0 Å². The van der Waals surface area contributed by atoms with Crippen LogP contribution in [0.1, 0.15) is 56.2 Å². The predicted octanol–water partition coefficient (Wildman–Crippen LogP) is 5.60. The molecule has 1 unspecified atom stereocenters. The minimum Gasteiger partial charge on any atom is -0.494 e. The van der Waals surface area contributed by atoms with Gasteiger partial charge in [-0.2, -0.15) is 0 Å². The second kappa shape index (κ2) is 13.6. The van der Waals surface area contributed by atoms with E-state index in [4.69, 9.17) is 30.5 Å². The quantitative estimate of drug-likeness (QED) is 0.127. The van der Waals surface area contributed by atoms with Crippen LogP contribution in [0, 0.1) is 0 Å². The summed E-state index contributed by atoms with van der Waals surface area (Å²) in [6.45, 7) is 7.98. The van der Waals surface area contributed by atoms with Gasteiger partial charge in [-0.25, -0.2) is 4.79 Å². The molecule has 10 heteroatoms. The van der Waals surface area contributed by atoms with Gasteiger partial charge in [0.25, 0.3) is 0 Å². The van der Waals surface area contributed by atoms with E-state index in [-0.39, 0.29) is 17.2 Å². The molecule has 0 aromatic heterocycles. The Bertz CT molecular complexity index is 1570. The molecule has 3 aromatic carbocycles. The molecular formula is C34H34ClNO8. The molecule has 9 nitrogen and oxygen atoms in total. The molecule has 44 heavy (non-hydrogen) atoms. The third-order valence-electron chi connectivity index (χ3n) is 7.65. The lowest BCUT2D eigenvalue weighted by atomic mass is 9.92. The lowest BCUT2D eigenvalue weighted by molar-refractivity contribution is -0.170. The minimum atomic E-state index is -2.42. The van der Waals surface area contributed by atoms with E-state index in [1.807, 2.05) is 54.6 Å². The first-order valence-electron chi connectivity index (χ1n) is 14.7. The van der Waals surface area contributed by atoms with Crippen molar-refractivity contribution in [3.05, 3.63) is 83.4 Å². The molecule has 1 N–H and O–H groups in total. The fraction of sp³-hybridized carbons (Fsp3) is 0.324. The summed E-state index contributed by atoms with van der Waals surface area (Å²) in [5.41, 5.74) is -0.291. The van der Waals surface area contributed by atoms with Crippen molar-refractivity contribution in [3.8, 4) is 23.0 Å². The second-order valence-corrected chi connectivity index (χ2v) is 11.0. The molecule has 0 amide bonds. The zero-order valence-electron chi connectivity index (χ0n) is 24.6. The number of rotatable bonds is 11. The first kappa shape index (κ1) is 31.3. The van der Waals surface area contributed by atoms with Crippen LogP contribution in [0.2, 0.25) is 0 Å². The highest BCUT2D eigenvalue weighted by Gasteiger charge is 2.48. The number of esters is 3. The van der Waals surface area contributed by atoms with Crippen molar-refractivity contribution in [1.29, 1.82) is 0 Å². The fourth-order valence-electron chi connectivity index (χ4n) is 5.21. The minimum absolute atomic E-state index is 0.126. The monoisotopic (exact) mass is 619 g/mol. The van der Waals surface area contributed by atoms with E-state index in [0.717, 1.165) is 32.5 Å². The van der Waals surface area contributed by atoms with Crippen molar-refractivity contribution < 1.29 is 38.4 Å².